The number of rotatable bonds is 6. The minimum Gasteiger partial charge on any atom is -0.493 e. The van der Waals surface area contributed by atoms with E-state index in [0.717, 1.165) is 9.13 Å². The molecule has 4 N–H and O–H groups in total. The molecule has 1 aromatic carbocycles. The molecule has 0 amide bonds. The van der Waals surface area contributed by atoms with Crippen molar-refractivity contribution in [2.24, 2.45) is 0 Å². The van der Waals surface area contributed by atoms with Crippen molar-refractivity contribution in [1.29, 1.82) is 0 Å². The molecule has 0 spiro atoms. The molecular formula is C18H22ClIN4O4. The maximum atomic E-state index is 12.5. The highest BCUT2D eigenvalue weighted by Crippen LogP contribution is 2.39. The van der Waals surface area contributed by atoms with E-state index in [0.29, 0.717) is 40.6 Å². The SMILES string of the molecule is CCOc1c(I)cc(C(c2c(C)[nH][nH]c2=O)c2c(C)[nH][nH]c2=O)cc1OC.Cl. The first kappa shape index (κ1) is 22.2. The van der Waals surface area contributed by atoms with E-state index in [1.165, 1.54) is 0 Å². The van der Waals surface area contributed by atoms with Gasteiger partial charge in [0.15, 0.2) is 11.5 Å². The van der Waals surface area contributed by atoms with E-state index in [1.54, 1.807) is 21.0 Å². The van der Waals surface area contributed by atoms with Crippen LogP contribution in [0.4, 0.5) is 0 Å². The van der Waals surface area contributed by atoms with Gasteiger partial charge in [0.2, 0.25) is 0 Å². The molecule has 3 rings (SSSR count). The molecule has 152 valence electrons. The number of nitrogens with one attached hydrogen (secondary N) is 4. The van der Waals surface area contributed by atoms with E-state index in [9.17, 15) is 9.59 Å². The van der Waals surface area contributed by atoms with Gasteiger partial charge in [-0.1, -0.05) is 0 Å². The summed E-state index contributed by atoms with van der Waals surface area (Å²) >= 11 is 2.17. The van der Waals surface area contributed by atoms with Crippen LogP contribution in [0, 0.1) is 17.4 Å². The Balaban J connectivity index is 0.00000280. The van der Waals surface area contributed by atoms with Gasteiger partial charge in [0.1, 0.15) is 0 Å². The van der Waals surface area contributed by atoms with Gasteiger partial charge in [0, 0.05) is 17.3 Å². The van der Waals surface area contributed by atoms with Crippen LogP contribution in [-0.2, 0) is 0 Å². The molecule has 0 fully saturated rings. The van der Waals surface area contributed by atoms with Gasteiger partial charge in [-0.2, -0.15) is 0 Å². The standard InChI is InChI=1S/C18H21IN4O4.ClH/c1-5-27-16-11(19)6-10(7-12(16)26-4)15(13-8(2)20-22-17(13)24)14-9(3)21-23-18(14)25;/h6-7,15H,5H2,1-4H3,(H2,20,22,24)(H2,21,23,25);1H. The van der Waals surface area contributed by atoms with Crippen LogP contribution in [0.2, 0.25) is 0 Å². The molecule has 2 aromatic heterocycles. The third-order valence-corrected chi connectivity index (χ3v) is 5.28. The quantitative estimate of drug-likeness (QED) is 0.374. The monoisotopic (exact) mass is 520 g/mol. The lowest BCUT2D eigenvalue weighted by Crippen LogP contribution is -2.20. The van der Waals surface area contributed by atoms with Gasteiger partial charge >= 0.3 is 0 Å². The average Bonchev–Trinajstić information content (AvgIpc) is 3.14. The van der Waals surface area contributed by atoms with E-state index in [2.05, 4.69) is 43.0 Å². The van der Waals surface area contributed by atoms with Crippen LogP contribution < -0.4 is 20.6 Å². The van der Waals surface area contributed by atoms with Crippen molar-refractivity contribution in [3.05, 3.63) is 64.5 Å². The Hall–Kier alpha value is -2.14. The molecule has 10 heteroatoms. The van der Waals surface area contributed by atoms with Crippen LogP contribution in [0.3, 0.4) is 0 Å². The molecule has 0 atom stereocenters. The molecule has 0 aliphatic rings. The first-order chi connectivity index (χ1) is 12.9. The molecule has 0 aliphatic carbocycles. The van der Waals surface area contributed by atoms with E-state index in [4.69, 9.17) is 9.47 Å². The van der Waals surface area contributed by atoms with Crippen molar-refractivity contribution in [3.8, 4) is 11.5 Å². The Morgan fingerprint density at radius 3 is 1.93 bits per heavy atom. The molecule has 0 aliphatic heterocycles. The van der Waals surface area contributed by atoms with Crippen molar-refractivity contribution in [1.82, 2.24) is 20.4 Å². The minimum atomic E-state index is -0.562. The van der Waals surface area contributed by atoms with Gasteiger partial charge < -0.3 is 19.7 Å². The normalized spacial score (nSPS) is 10.8. The smallest absolute Gasteiger partial charge is 0.268 e. The zero-order valence-electron chi connectivity index (χ0n) is 15.9. The summed E-state index contributed by atoms with van der Waals surface area (Å²) in [5.74, 6) is 0.633. The van der Waals surface area contributed by atoms with Gasteiger partial charge in [0.05, 0.1) is 28.4 Å². The summed E-state index contributed by atoms with van der Waals surface area (Å²) in [5.41, 5.74) is 2.57. The number of H-pyrrole nitrogens is 4. The summed E-state index contributed by atoms with van der Waals surface area (Å²) in [6, 6.07) is 3.73. The van der Waals surface area contributed by atoms with Crippen LogP contribution >= 0.6 is 35.0 Å². The lowest BCUT2D eigenvalue weighted by Gasteiger charge is -2.19. The van der Waals surface area contributed by atoms with Crippen LogP contribution in [-0.4, -0.2) is 34.1 Å². The lowest BCUT2D eigenvalue weighted by atomic mass is 9.85. The summed E-state index contributed by atoms with van der Waals surface area (Å²) in [6.07, 6.45) is 0. The van der Waals surface area contributed by atoms with Crippen molar-refractivity contribution in [2.45, 2.75) is 26.7 Å². The fourth-order valence-electron chi connectivity index (χ4n) is 3.27. The predicted molar refractivity (Wildman–Crippen MR) is 117 cm³/mol. The Morgan fingerprint density at radius 2 is 1.54 bits per heavy atom. The molecule has 0 unspecified atom stereocenters. The average molecular weight is 521 g/mol. The van der Waals surface area contributed by atoms with Gasteiger partial charge in [-0.25, -0.2) is 0 Å². The molecule has 0 saturated carbocycles. The molecule has 0 radical (unpaired) electrons. The number of hydrogen-bond acceptors (Lipinski definition) is 4. The number of hydrogen-bond donors (Lipinski definition) is 4. The second-order valence-electron chi connectivity index (χ2n) is 6.14. The van der Waals surface area contributed by atoms with Gasteiger partial charge in [0.25, 0.3) is 11.1 Å². The van der Waals surface area contributed by atoms with Crippen molar-refractivity contribution < 1.29 is 9.47 Å². The highest BCUT2D eigenvalue weighted by molar-refractivity contribution is 14.1. The third kappa shape index (κ3) is 3.86. The van der Waals surface area contributed by atoms with Gasteiger partial charge in [-0.3, -0.25) is 19.8 Å². The Morgan fingerprint density at radius 1 is 1.00 bits per heavy atom. The molecule has 0 bridgehead atoms. The summed E-state index contributed by atoms with van der Waals surface area (Å²) in [7, 11) is 1.56. The number of halogens is 2. The largest absolute Gasteiger partial charge is 0.493 e. The number of aromatic nitrogens is 4. The van der Waals surface area contributed by atoms with Crippen LogP contribution in [0.1, 0.15) is 40.9 Å². The predicted octanol–water partition coefficient (Wildman–Crippen LogP) is 2.95. The number of ether oxygens (including phenoxy) is 2. The zero-order chi connectivity index (χ0) is 19.7. The van der Waals surface area contributed by atoms with Crippen LogP contribution in [0.5, 0.6) is 11.5 Å². The molecule has 0 saturated heterocycles. The van der Waals surface area contributed by atoms with E-state index < -0.39 is 5.92 Å². The van der Waals surface area contributed by atoms with Crippen LogP contribution in [0.15, 0.2) is 21.7 Å². The van der Waals surface area contributed by atoms with E-state index in [-0.39, 0.29) is 23.5 Å². The van der Waals surface area contributed by atoms with Crippen LogP contribution in [0.25, 0.3) is 0 Å². The molecule has 8 nitrogen and oxygen atoms in total. The van der Waals surface area contributed by atoms with E-state index in [1.807, 2.05) is 19.1 Å². The molecule has 2 heterocycles. The lowest BCUT2D eigenvalue weighted by molar-refractivity contribution is 0.308. The van der Waals surface area contributed by atoms with Crippen molar-refractivity contribution in [2.75, 3.05) is 13.7 Å². The summed E-state index contributed by atoms with van der Waals surface area (Å²) in [6.45, 7) is 6.00. The topological polar surface area (TPSA) is 116 Å². The fourth-order valence-corrected chi connectivity index (χ4v) is 4.06. The molecular weight excluding hydrogens is 499 g/mol. The fraction of sp³-hybridized carbons (Fsp3) is 0.333. The number of methoxy groups -OCH3 is 1. The summed E-state index contributed by atoms with van der Waals surface area (Å²) < 4.78 is 12.0. The van der Waals surface area contributed by atoms with Crippen molar-refractivity contribution in [3.63, 3.8) is 0 Å². The van der Waals surface area contributed by atoms with Gasteiger partial charge in [-0.15, -0.1) is 12.4 Å². The number of benzene rings is 1. The zero-order valence-corrected chi connectivity index (χ0v) is 18.8. The number of aryl methyl sites for hydroxylation is 2. The molecule has 3 aromatic rings. The van der Waals surface area contributed by atoms with E-state index >= 15 is 0 Å². The maximum Gasteiger partial charge on any atom is 0.268 e. The second-order valence-corrected chi connectivity index (χ2v) is 7.30. The maximum absolute atomic E-state index is 12.5. The Bertz CT molecular complexity index is 1030. The summed E-state index contributed by atoms with van der Waals surface area (Å²) in [4.78, 5) is 25.0. The Kier molecular flexibility index (Phi) is 7.05. The van der Waals surface area contributed by atoms with Crippen molar-refractivity contribution >= 4 is 35.0 Å². The Labute approximate surface area is 180 Å². The highest BCUT2D eigenvalue weighted by Gasteiger charge is 2.29. The first-order valence-corrected chi connectivity index (χ1v) is 9.51. The molecule has 28 heavy (non-hydrogen) atoms. The van der Waals surface area contributed by atoms with Gasteiger partial charge in [-0.05, 0) is 61.1 Å². The number of aromatic amines is 4. The highest BCUT2D eigenvalue weighted by atomic mass is 127. The summed E-state index contributed by atoms with van der Waals surface area (Å²) in [5, 5.41) is 10.9. The third-order valence-electron chi connectivity index (χ3n) is 4.48. The second kappa shape index (κ2) is 8.91. The first-order valence-electron chi connectivity index (χ1n) is 8.43. The minimum absolute atomic E-state index is 0.